The van der Waals surface area contributed by atoms with Crippen molar-refractivity contribution in [2.24, 2.45) is 7.05 Å². The van der Waals surface area contributed by atoms with Crippen LogP contribution in [-0.4, -0.2) is 74.7 Å². The van der Waals surface area contributed by atoms with Gasteiger partial charge in [0.1, 0.15) is 11.8 Å². The molecule has 2 aromatic carbocycles. The largest absolute Gasteiger partial charge is 0.483 e. The van der Waals surface area contributed by atoms with E-state index in [4.69, 9.17) is 26.0 Å². The van der Waals surface area contributed by atoms with E-state index in [2.05, 4.69) is 34.9 Å². The van der Waals surface area contributed by atoms with Crippen LogP contribution < -0.4 is 9.64 Å². The first kappa shape index (κ1) is 26.9. The van der Waals surface area contributed by atoms with Crippen LogP contribution in [0.3, 0.4) is 0 Å². The first-order valence-corrected chi connectivity index (χ1v) is 11.8. The number of piperazine rings is 1. The van der Waals surface area contributed by atoms with Crippen molar-refractivity contribution in [3.05, 3.63) is 59.4 Å². The van der Waals surface area contributed by atoms with Crippen LogP contribution in [0.5, 0.6) is 5.75 Å². The Balaban J connectivity index is 0.00000107. The summed E-state index contributed by atoms with van der Waals surface area (Å²) in [7, 11) is 3.89. The van der Waals surface area contributed by atoms with Crippen molar-refractivity contribution in [2.75, 3.05) is 31.6 Å². The van der Waals surface area contributed by atoms with Crippen LogP contribution in [0.25, 0.3) is 22.8 Å². The van der Waals surface area contributed by atoms with Gasteiger partial charge in [-0.15, -0.1) is 10.2 Å². The molecule has 1 aliphatic rings. The molecule has 4 aromatic rings. The van der Waals surface area contributed by atoms with Gasteiger partial charge in [0.2, 0.25) is 11.8 Å². The molecule has 38 heavy (non-hydrogen) atoms. The standard InChI is InChI=1S/C23H22ClF2N7O2.CH2O2/c1-31-10-11-33(18(13-31)21-27-19(30-35-21)15-4-3-5-16(24)12-15)23-29-28-20(32(23)2)14-6-8-17(9-7-14)34-22(25)26;2-1-3/h3-9,12,18,22H,10-11,13H2,1-2H3;1H,(H,2,3). The number of carbonyl (C=O) groups is 1. The summed E-state index contributed by atoms with van der Waals surface area (Å²) in [5, 5.41) is 20.4. The van der Waals surface area contributed by atoms with E-state index < -0.39 is 6.61 Å². The Morgan fingerprint density at radius 3 is 2.55 bits per heavy atom. The number of benzene rings is 2. The van der Waals surface area contributed by atoms with E-state index in [-0.39, 0.29) is 18.3 Å². The molecular formula is C24H24ClF2N7O4. The van der Waals surface area contributed by atoms with Crippen LogP contribution in [0.4, 0.5) is 14.7 Å². The summed E-state index contributed by atoms with van der Waals surface area (Å²) in [6.07, 6.45) is 0. The number of rotatable bonds is 6. The molecule has 1 fully saturated rings. The third-order valence-electron chi connectivity index (χ3n) is 5.84. The highest BCUT2D eigenvalue weighted by molar-refractivity contribution is 6.30. The van der Waals surface area contributed by atoms with Gasteiger partial charge in [0, 0.05) is 42.8 Å². The monoisotopic (exact) mass is 547 g/mol. The molecule has 3 heterocycles. The molecule has 1 unspecified atom stereocenters. The Kier molecular flexibility index (Phi) is 8.48. The Morgan fingerprint density at radius 2 is 1.87 bits per heavy atom. The second-order valence-electron chi connectivity index (χ2n) is 8.33. The summed E-state index contributed by atoms with van der Waals surface area (Å²) in [5.74, 6) is 2.22. The van der Waals surface area contributed by atoms with Gasteiger partial charge in [-0.2, -0.15) is 13.8 Å². The third kappa shape index (κ3) is 6.06. The van der Waals surface area contributed by atoms with Gasteiger partial charge in [-0.05, 0) is 43.4 Å². The molecule has 200 valence electrons. The molecule has 0 spiro atoms. The fourth-order valence-electron chi connectivity index (χ4n) is 4.09. The number of halogens is 3. The number of likely N-dealkylation sites (N-methyl/N-ethyl adjacent to an activating group) is 1. The van der Waals surface area contributed by atoms with Crippen molar-refractivity contribution < 1.29 is 27.9 Å². The molecule has 2 aromatic heterocycles. The molecule has 1 aliphatic heterocycles. The van der Waals surface area contributed by atoms with E-state index in [1.165, 1.54) is 12.1 Å². The number of hydrogen-bond acceptors (Lipinski definition) is 9. The number of carboxylic acid groups (broad SMARTS) is 1. The second-order valence-corrected chi connectivity index (χ2v) is 8.77. The van der Waals surface area contributed by atoms with Crippen LogP contribution in [0.2, 0.25) is 5.02 Å². The number of aromatic nitrogens is 5. The summed E-state index contributed by atoms with van der Waals surface area (Å²) in [5.41, 5.74) is 1.49. The molecule has 14 heteroatoms. The van der Waals surface area contributed by atoms with Crippen LogP contribution >= 0.6 is 11.6 Å². The van der Waals surface area contributed by atoms with E-state index >= 15 is 0 Å². The Morgan fingerprint density at radius 1 is 1.13 bits per heavy atom. The topological polar surface area (TPSA) is 123 Å². The maximum Gasteiger partial charge on any atom is 0.387 e. The Labute approximate surface area is 221 Å². The molecule has 0 aliphatic carbocycles. The molecular weight excluding hydrogens is 524 g/mol. The smallest absolute Gasteiger partial charge is 0.387 e. The van der Waals surface area contributed by atoms with Crippen LogP contribution in [0, 0.1) is 0 Å². The maximum atomic E-state index is 12.5. The zero-order valence-electron chi connectivity index (χ0n) is 20.4. The first-order chi connectivity index (χ1) is 18.3. The maximum absolute atomic E-state index is 12.5. The zero-order valence-corrected chi connectivity index (χ0v) is 21.2. The lowest BCUT2D eigenvalue weighted by atomic mass is 10.1. The number of anilines is 1. The lowest BCUT2D eigenvalue weighted by Crippen LogP contribution is -2.48. The van der Waals surface area contributed by atoms with Crippen molar-refractivity contribution in [1.29, 1.82) is 0 Å². The minimum atomic E-state index is -2.87. The molecule has 0 bridgehead atoms. The van der Waals surface area contributed by atoms with E-state index in [9.17, 15) is 8.78 Å². The van der Waals surface area contributed by atoms with Gasteiger partial charge in [0.05, 0.1) is 0 Å². The Hall–Kier alpha value is -4.10. The molecule has 11 nitrogen and oxygen atoms in total. The quantitative estimate of drug-likeness (QED) is 0.354. The summed E-state index contributed by atoms with van der Waals surface area (Å²) in [6.45, 7) is -0.990. The fraction of sp³-hybridized carbons (Fsp3) is 0.292. The predicted octanol–water partition coefficient (Wildman–Crippen LogP) is 3.98. The summed E-state index contributed by atoms with van der Waals surface area (Å²) < 4.78 is 36.9. The van der Waals surface area contributed by atoms with Gasteiger partial charge in [-0.3, -0.25) is 9.36 Å². The SMILES string of the molecule is CN1CCN(c2nnc(-c3ccc(OC(F)F)cc3)n2C)C(c2nc(-c3cccc(Cl)c3)no2)C1.O=CO. The lowest BCUT2D eigenvalue weighted by molar-refractivity contribution is -0.122. The molecule has 1 saturated heterocycles. The van der Waals surface area contributed by atoms with Crippen molar-refractivity contribution in [3.63, 3.8) is 0 Å². The van der Waals surface area contributed by atoms with Crippen molar-refractivity contribution in [1.82, 2.24) is 29.8 Å². The van der Waals surface area contributed by atoms with Crippen molar-refractivity contribution >= 4 is 24.0 Å². The summed E-state index contributed by atoms with van der Waals surface area (Å²) in [6, 6.07) is 13.3. The highest BCUT2D eigenvalue weighted by Crippen LogP contribution is 2.32. The number of hydrogen-bond donors (Lipinski definition) is 1. The number of nitrogens with zero attached hydrogens (tertiary/aromatic N) is 7. The minimum absolute atomic E-state index is 0.0807. The average Bonchev–Trinajstić information content (AvgIpc) is 3.52. The van der Waals surface area contributed by atoms with E-state index in [0.29, 0.717) is 41.6 Å². The van der Waals surface area contributed by atoms with Gasteiger partial charge in [0.15, 0.2) is 5.82 Å². The minimum Gasteiger partial charge on any atom is -0.483 e. The molecule has 1 atom stereocenters. The van der Waals surface area contributed by atoms with E-state index in [1.54, 1.807) is 24.3 Å². The van der Waals surface area contributed by atoms with Gasteiger partial charge < -0.3 is 24.2 Å². The van der Waals surface area contributed by atoms with Gasteiger partial charge in [0.25, 0.3) is 12.4 Å². The van der Waals surface area contributed by atoms with Crippen molar-refractivity contribution in [2.45, 2.75) is 12.7 Å². The number of ether oxygens (including phenoxy) is 1. The highest BCUT2D eigenvalue weighted by atomic mass is 35.5. The van der Waals surface area contributed by atoms with Crippen LogP contribution in [0.15, 0.2) is 53.1 Å². The zero-order chi connectivity index (χ0) is 27.2. The Bertz CT molecular complexity index is 1370. The number of alkyl halides is 2. The molecule has 0 amide bonds. The first-order valence-electron chi connectivity index (χ1n) is 11.4. The summed E-state index contributed by atoms with van der Waals surface area (Å²) in [4.78, 5) is 17.3. The lowest BCUT2D eigenvalue weighted by Gasteiger charge is -2.38. The highest BCUT2D eigenvalue weighted by Gasteiger charge is 2.34. The molecule has 0 radical (unpaired) electrons. The molecule has 1 N–H and O–H groups in total. The normalized spacial score (nSPS) is 15.7. The second kappa shape index (κ2) is 12.0. The van der Waals surface area contributed by atoms with E-state index in [1.807, 2.05) is 30.8 Å². The molecule has 5 rings (SSSR count). The van der Waals surface area contributed by atoms with Gasteiger partial charge in [-0.1, -0.05) is 28.9 Å². The predicted molar refractivity (Wildman–Crippen MR) is 134 cm³/mol. The van der Waals surface area contributed by atoms with Crippen LogP contribution in [-0.2, 0) is 11.8 Å². The molecule has 0 saturated carbocycles. The average molecular weight is 548 g/mol. The summed E-state index contributed by atoms with van der Waals surface area (Å²) >= 11 is 6.11. The van der Waals surface area contributed by atoms with Crippen LogP contribution in [0.1, 0.15) is 11.9 Å². The van der Waals surface area contributed by atoms with Gasteiger partial charge in [-0.25, -0.2) is 0 Å². The fourth-order valence-corrected chi connectivity index (χ4v) is 4.28. The van der Waals surface area contributed by atoms with Crippen molar-refractivity contribution in [3.8, 4) is 28.5 Å². The van der Waals surface area contributed by atoms with E-state index in [0.717, 1.165) is 17.7 Å². The van der Waals surface area contributed by atoms with Gasteiger partial charge >= 0.3 is 6.61 Å². The third-order valence-corrected chi connectivity index (χ3v) is 6.07.